The van der Waals surface area contributed by atoms with Crippen LogP contribution in [0.3, 0.4) is 0 Å². The van der Waals surface area contributed by atoms with Gasteiger partial charge in [-0.25, -0.2) is 0 Å². The van der Waals surface area contributed by atoms with Crippen molar-refractivity contribution in [1.29, 1.82) is 0 Å². The number of para-hydroxylation sites is 1. The number of nitrogens with zero attached hydrogens (tertiary/aromatic N) is 3. The first-order chi connectivity index (χ1) is 16.1. The van der Waals surface area contributed by atoms with Gasteiger partial charge in [0.05, 0.1) is 17.7 Å². The van der Waals surface area contributed by atoms with Crippen LogP contribution >= 0.6 is 0 Å². The molecule has 0 saturated heterocycles. The average Bonchev–Trinajstić information content (AvgIpc) is 3.61. The molecule has 3 heterocycles. The van der Waals surface area contributed by atoms with Crippen LogP contribution in [0.1, 0.15) is 68.8 Å². The van der Waals surface area contributed by atoms with Crippen LogP contribution in [0.2, 0.25) is 0 Å². The molecule has 1 atom stereocenters. The van der Waals surface area contributed by atoms with E-state index in [1.807, 2.05) is 53.0 Å². The van der Waals surface area contributed by atoms with E-state index in [-0.39, 0.29) is 23.9 Å². The number of rotatable bonds is 4. The van der Waals surface area contributed by atoms with E-state index in [2.05, 4.69) is 22.0 Å². The van der Waals surface area contributed by atoms with Crippen molar-refractivity contribution in [3.8, 4) is 5.69 Å². The molecule has 2 aliphatic carbocycles. The minimum Gasteiger partial charge on any atom is -0.351 e. The fourth-order valence-corrected chi connectivity index (χ4v) is 6.46. The van der Waals surface area contributed by atoms with Gasteiger partial charge in [0.2, 0.25) is 5.91 Å². The molecule has 2 aromatic heterocycles. The smallest absolute Gasteiger partial charge is 0.273 e. The maximum atomic E-state index is 14.4. The summed E-state index contributed by atoms with van der Waals surface area (Å²) in [6.07, 6.45) is 12.6. The zero-order valence-corrected chi connectivity index (χ0v) is 19.3. The van der Waals surface area contributed by atoms with E-state index in [0.29, 0.717) is 12.2 Å². The highest BCUT2D eigenvalue weighted by molar-refractivity contribution is 6.09. The summed E-state index contributed by atoms with van der Waals surface area (Å²) in [6.45, 7) is 2.46. The molecule has 0 unspecified atom stereocenters. The van der Waals surface area contributed by atoms with Crippen molar-refractivity contribution in [3.05, 3.63) is 54.5 Å². The lowest BCUT2D eigenvalue weighted by atomic mass is 9.91. The Kier molecular flexibility index (Phi) is 4.86. The molecule has 6 nitrogen and oxygen atoms in total. The summed E-state index contributed by atoms with van der Waals surface area (Å²) in [5.74, 6) is -0.0160. The second-order valence-electron chi connectivity index (χ2n) is 10.2. The Bertz CT molecular complexity index is 1200. The van der Waals surface area contributed by atoms with E-state index >= 15 is 0 Å². The highest BCUT2D eigenvalue weighted by Crippen LogP contribution is 2.41. The van der Waals surface area contributed by atoms with Crippen LogP contribution in [0.15, 0.2) is 48.8 Å². The molecule has 33 heavy (non-hydrogen) atoms. The monoisotopic (exact) mass is 444 g/mol. The third-order valence-electron chi connectivity index (χ3n) is 8.10. The fourth-order valence-electron chi connectivity index (χ4n) is 6.46. The van der Waals surface area contributed by atoms with Crippen molar-refractivity contribution in [1.82, 2.24) is 19.4 Å². The van der Waals surface area contributed by atoms with E-state index in [1.165, 1.54) is 12.8 Å². The standard InChI is InChI=1S/C27H32N4O2/c1-27(26(33)28-19-10-2-3-11-19)18-30-22-15-7-6-14-21(22)23(29-16-8-9-17-29)24(30)25(32)31(27)20-12-4-5-13-20/h6-9,14-17,19-20H,2-5,10-13,18H2,1H3,(H,28,33)/t27-/m0/s1. The number of hydrogen-bond acceptors (Lipinski definition) is 2. The van der Waals surface area contributed by atoms with Gasteiger partial charge in [-0.1, -0.05) is 43.9 Å². The van der Waals surface area contributed by atoms with Crippen molar-refractivity contribution in [2.75, 3.05) is 0 Å². The number of amides is 2. The summed E-state index contributed by atoms with van der Waals surface area (Å²) >= 11 is 0. The third-order valence-corrected chi connectivity index (χ3v) is 8.10. The first-order valence-electron chi connectivity index (χ1n) is 12.5. The summed E-state index contributed by atoms with van der Waals surface area (Å²) in [7, 11) is 0. The molecule has 2 amide bonds. The molecule has 6 rings (SSSR count). The first kappa shape index (κ1) is 20.6. The van der Waals surface area contributed by atoms with Gasteiger partial charge in [-0.3, -0.25) is 9.59 Å². The number of benzene rings is 1. The van der Waals surface area contributed by atoms with Crippen LogP contribution in [-0.2, 0) is 11.3 Å². The van der Waals surface area contributed by atoms with Gasteiger partial charge >= 0.3 is 0 Å². The molecular formula is C27H32N4O2. The van der Waals surface area contributed by atoms with Crippen molar-refractivity contribution in [2.45, 2.75) is 82.5 Å². The molecule has 3 aromatic rings. The number of fused-ring (bicyclic) bond motifs is 3. The van der Waals surface area contributed by atoms with Crippen LogP contribution in [0.4, 0.5) is 0 Å². The number of hydrogen-bond donors (Lipinski definition) is 1. The topological polar surface area (TPSA) is 59.3 Å². The van der Waals surface area contributed by atoms with Crippen LogP contribution in [-0.4, -0.2) is 43.5 Å². The Hall–Kier alpha value is -3.02. The second kappa shape index (κ2) is 7.79. The minimum absolute atomic E-state index is 0.000551. The minimum atomic E-state index is -0.905. The Morgan fingerprint density at radius 1 is 0.970 bits per heavy atom. The summed E-state index contributed by atoms with van der Waals surface area (Å²) in [5, 5.41) is 4.37. The molecule has 1 aliphatic heterocycles. The van der Waals surface area contributed by atoms with Gasteiger partial charge < -0.3 is 19.4 Å². The predicted octanol–water partition coefficient (Wildman–Crippen LogP) is 4.65. The number of aromatic nitrogens is 2. The fraction of sp³-hybridized carbons (Fsp3) is 0.481. The van der Waals surface area contributed by atoms with E-state index in [4.69, 9.17) is 0 Å². The molecule has 6 heteroatoms. The van der Waals surface area contributed by atoms with Crippen molar-refractivity contribution in [3.63, 3.8) is 0 Å². The molecule has 2 saturated carbocycles. The largest absolute Gasteiger partial charge is 0.351 e. The highest BCUT2D eigenvalue weighted by atomic mass is 16.2. The summed E-state index contributed by atoms with van der Waals surface area (Å²) in [4.78, 5) is 30.2. The molecule has 0 bridgehead atoms. The molecule has 0 radical (unpaired) electrons. The van der Waals surface area contributed by atoms with Crippen molar-refractivity contribution < 1.29 is 9.59 Å². The third kappa shape index (κ3) is 3.14. The lowest BCUT2D eigenvalue weighted by Crippen LogP contribution is -2.67. The van der Waals surface area contributed by atoms with Crippen LogP contribution in [0.25, 0.3) is 16.6 Å². The molecular weight excluding hydrogens is 412 g/mol. The first-order valence-corrected chi connectivity index (χ1v) is 12.5. The zero-order chi connectivity index (χ0) is 22.6. The Morgan fingerprint density at radius 2 is 1.64 bits per heavy atom. The summed E-state index contributed by atoms with van der Waals surface area (Å²) < 4.78 is 4.15. The van der Waals surface area contributed by atoms with E-state index < -0.39 is 5.54 Å². The van der Waals surface area contributed by atoms with Crippen molar-refractivity contribution >= 4 is 22.7 Å². The maximum Gasteiger partial charge on any atom is 0.273 e. The van der Waals surface area contributed by atoms with E-state index in [0.717, 1.165) is 55.1 Å². The SMILES string of the molecule is C[C@@]1(C(=O)NC2CCCC2)Cn2c(c(-n3cccc3)c3ccccc32)C(=O)N1C1CCCC1. The number of carbonyl (C=O) groups excluding carboxylic acids is 2. The molecule has 0 spiro atoms. The van der Waals surface area contributed by atoms with Gasteiger partial charge in [0.25, 0.3) is 5.91 Å². The van der Waals surface area contributed by atoms with Gasteiger partial charge in [0.1, 0.15) is 11.2 Å². The van der Waals surface area contributed by atoms with Crippen LogP contribution in [0, 0.1) is 0 Å². The summed E-state index contributed by atoms with van der Waals surface area (Å²) in [6, 6.07) is 12.5. The van der Waals surface area contributed by atoms with Gasteiger partial charge in [-0.15, -0.1) is 0 Å². The Labute approximate surface area is 194 Å². The molecule has 172 valence electrons. The predicted molar refractivity (Wildman–Crippen MR) is 128 cm³/mol. The van der Waals surface area contributed by atoms with E-state index in [1.54, 1.807) is 0 Å². The lowest BCUT2D eigenvalue weighted by molar-refractivity contribution is -0.135. The van der Waals surface area contributed by atoms with Crippen molar-refractivity contribution in [2.24, 2.45) is 0 Å². The molecule has 2 fully saturated rings. The lowest BCUT2D eigenvalue weighted by Gasteiger charge is -2.47. The van der Waals surface area contributed by atoms with Gasteiger partial charge in [0.15, 0.2) is 0 Å². The average molecular weight is 445 g/mol. The van der Waals surface area contributed by atoms with E-state index in [9.17, 15) is 9.59 Å². The zero-order valence-electron chi connectivity index (χ0n) is 19.3. The maximum absolute atomic E-state index is 14.4. The number of carbonyl (C=O) groups is 2. The number of nitrogens with one attached hydrogen (secondary N) is 1. The highest BCUT2D eigenvalue weighted by Gasteiger charge is 2.52. The normalized spacial score (nSPS) is 24.0. The van der Waals surface area contributed by atoms with Gasteiger partial charge in [0, 0.05) is 29.9 Å². The Balaban J connectivity index is 1.52. The summed E-state index contributed by atoms with van der Waals surface area (Å²) in [5.41, 5.74) is 1.72. The molecule has 3 aliphatic rings. The molecule has 1 aromatic carbocycles. The quantitative estimate of drug-likeness (QED) is 0.637. The van der Waals surface area contributed by atoms with Crippen LogP contribution in [0.5, 0.6) is 0 Å². The van der Waals surface area contributed by atoms with Crippen LogP contribution < -0.4 is 5.32 Å². The second-order valence-corrected chi connectivity index (χ2v) is 10.2. The Morgan fingerprint density at radius 3 is 2.36 bits per heavy atom. The molecule has 1 N–H and O–H groups in total. The van der Waals surface area contributed by atoms with Gasteiger partial charge in [-0.2, -0.15) is 0 Å². The van der Waals surface area contributed by atoms with Gasteiger partial charge in [-0.05, 0) is 50.8 Å².